The van der Waals surface area contributed by atoms with E-state index in [-0.39, 0.29) is 48.9 Å². The van der Waals surface area contributed by atoms with Gasteiger partial charge in [0, 0.05) is 30.7 Å². The number of sulfonamides is 1. The van der Waals surface area contributed by atoms with Gasteiger partial charge in [0.25, 0.3) is 0 Å². The van der Waals surface area contributed by atoms with Crippen molar-refractivity contribution in [2.75, 3.05) is 18.9 Å². The minimum atomic E-state index is -3.58. The lowest BCUT2D eigenvalue weighted by atomic mass is 9.83. The molecule has 3 N–H and O–H groups in total. The molecule has 2 bridgehead atoms. The van der Waals surface area contributed by atoms with Gasteiger partial charge in [0.15, 0.2) is 11.6 Å². The molecule has 0 aromatic heterocycles. The number of halogens is 3. The summed E-state index contributed by atoms with van der Waals surface area (Å²) in [6.45, 7) is 1.81. The number of nitrogens with two attached hydrogens (primary N) is 1. The number of alkyl carbamates (subject to hydrolysis) is 1. The Bertz CT molecular complexity index is 901. The highest BCUT2D eigenvalue weighted by Gasteiger charge is 2.47. The van der Waals surface area contributed by atoms with Crippen LogP contribution in [0.2, 0.25) is 0 Å². The Kier molecular flexibility index (Phi) is 7.48. The molecular formula is C20H28F3N3O4S. The van der Waals surface area contributed by atoms with Gasteiger partial charge in [0.2, 0.25) is 10.0 Å². The van der Waals surface area contributed by atoms with E-state index in [0.29, 0.717) is 31.7 Å². The van der Waals surface area contributed by atoms with Crippen molar-refractivity contribution in [3.8, 4) is 0 Å². The fourth-order valence-corrected chi connectivity index (χ4v) is 6.55. The van der Waals surface area contributed by atoms with Crippen LogP contribution in [0.25, 0.3) is 0 Å². The van der Waals surface area contributed by atoms with Crippen molar-refractivity contribution < 1.29 is 31.1 Å². The molecule has 2 fully saturated rings. The number of nitrogens with zero attached hydrogens (tertiary/aromatic N) is 1. The Morgan fingerprint density at radius 3 is 2.42 bits per heavy atom. The van der Waals surface area contributed by atoms with Gasteiger partial charge in [-0.25, -0.2) is 26.4 Å². The van der Waals surface area contributed by atoms with Crippen LogP contribution in [-0.4, -0.2) is 55.8 Å². The molecule has 2 heterocycles. The molecular weight excluding hydrogens is 435 g/mol. The quantitative estimate of drug-likeness (QED) is 0.576. The van der Waals surface area contributed by atoms with Crippen LogP contribution in [-0.2, 0) is 21.2 Å². The lowest BCUT2D eigenvalue weighted by Gasteiger charge is -2.40. The van der Waals surface area contributed by atoms with E-state index >= 15 is 0 Å². The van der Waals surface area contributed by atoms with E-state index in [4.69, 9.17) is 10.5 Å². The Balaban J connectivity index is 1.60. The number of carbonyl (C=O) groups is 1. The molecule has 3 rings (SSSR count). The second-order valence-electron chi connectivity index (χ2n) is 8.14. The normalized spacial score (nSPS) is 24.7. The molecule has 0 radical (unpaired) electrons. The predicted molar refractivity (Wildman–Crippen MR) is 108 cm³/mol. The molecule has 1 amide bonds. The van der Waals surface area contributed by atoms with Gasteiger partial charge in [-0.05, 0) is 56.6 Å². The van der Waals surface area contributed by atoms with Crippen molar-refractivity contribution >= 4 is 16.1 Å². The number of piperidine rings is 1. The first kappa shape index (κ1) is 23.8. The van der Waals surface area contributed by atoms with Crippen molar-refractivity contribution in [2.45, 2.75) is 57.2 Å². The van der Waals surface area contributed by atoms with E-state index in [9.17, 15) is 26.4 Å². The molecule has 0 spiro atoms. The largest absolute Gasteiger partial charge is 0.450 e. The maximum Gasteiger partial charge on any atom is 0.407 e. The number of hydrogen-bond acceptors (Lipinski definition) is 5. The smallest absolute Gasteiger partial charge is 0.407 e. The van der Waals surface area contributed by atoms with Crippen LogP contribution < -0.4 is 11.1 Å². The minimum absolute atomic E-state index is 0.0128. The summed E-state index contributed by atoms with van der Waals surface area (Å²) in [7, 11) is -3.58. The summed E-state index contributed by atoms with van der Waals surface area (Å²) in [5.74, 6) is -3.50. The van der Waals surface area contributed by atoms with Crippen LogP contribution in [0.15, 0.2) is 12.1 Å². The zero-order valence-corrected chi connectivity index (χ0v) is 18.1. The zero-order valence-electron chi connectivity index (χ0n) is 17.3. The van der Waals surface area contributed by atoms with E-state index in [1.54, 1.807) is 6.92 Å². The Morgan fingerprint density at radius 2 is 1.81 bits per heavy atom. The Morgan fingerprint density at radius 1 is 1.19 bits per heavy atom. The minimum Gasteiger partial charge on any atom is -0.450 e. The molecule has 2 aliphatic rings. The SMILES string of the molecule is CCOC(=O)NCCS(=O)(=O)N1[C@@H]2CC[C@H]1CC([C@H](N)Cc1cc(F)c(F)cc1F)C2. The maximum atomic E-state index is 14.0. The molecule has 4 atom stereocenters. The lowest BCUT2D eigenvalue weighted by molar-refractivity contribution is 0.152. The second kappa shape index (κ2) is 9.74. The number of fused-ring (bicyclic) bond motifs is 2. The third kappa shape index (κ3) is 5.50. The van der Waals surface area contributed by atoms with Crippen molar-refractivity contribution in [1.29, 1.82) is 0 Å². The molecule has 2 saturated heterocycles. The second-order valence-corrected chi connectivity index (χ2v) is 10.1. The first-order valence-electron chi connectivity index (χ1n) is 10.4. The van der Waals surface area contributed by atoms with E-state index in [1.807, 2.05) is 0 Å². The fraction of sp³-hybridized carbons (Fsp3) is 0.650. The van der Waals surface area contributed by atoms with Crippen LogP contribution in [0.3, 0.4) is 0 Å². The number of ether oxygens (including phenoxy) is 1. The number of carbonyl (C=O) groups excluding carboxylic acids is 1. The highest BCUT2D eigenvalue weighted by molar-refractivity contribution is 7.89. The first-order chi connectivity index (χ1) is 14.6. The summed E-state index contributed by atoms with van der Waals surface area (Å²) in [6, 6.07) is 0.419. The maximum absolute atomic E-state index is 14.0. The molecule has 1 unspecified atom stereocenters. The average Bonchev–Trinajstić information content (AvgIpc) is 2.97. The molecule has 0 saturated carbocycles. The number of benzene rings is 1. The van der Waals surface area contributed by atoms with Gasteiger partial charge >= 0.3 is 6.09 Å². The molecule has 7 nitrogen and oxygen atoms in total. The fourth-order valence-electron chi connectivity index (χ4n) is 4.69. The average molecular weight is 464 g/mol. The van der Waals surface area contributed by atoms with Gasteiger partial charge in [-0.15, -0.1) is 0 Å². The summed E-state index contributed by atoms with van der Waals surface area (Å²) in [4.78, 5) is 11.4. The highest BCUT2D eigenvalue weighted by Crippen LogP contribution is 2.41. The van der Waals surface area contributed by atoms with E-state index in [1.165, 1.54) is 4.31 Å². The number of hydrogen-bond donors (Lipinski definition) is 2. The van der Waals surface area contributed by atoms with Gasteiger partial charge in [-0.2, -0.15) is 4.31 Å². The lowest BCUT2D eigenvalue weighted by Crippen LogP contribution is -2.51. The summed E-state index contributed by atoms with van der Waals surface area (Å²) in [6.07, 6.45) is 1.84. The van der Waals surface area contributed by atoms with Gasteiger partial charge < -0.3 is 15.8 Å². The summed E-state index contributed by atoms with van der Waals surface area (Å²) < 4.78 is 72.5. The van der Waals surface area contributed by atoms with Crippen molar-refractivity contribution in [2.24, 2.45) is 11.7 Å². The first-order valence-corrected chi connectivity index (χ1v) is 12.0. The van der Waals surface area contributed by atoms with Crippen LogP contribution >= 0.6 is 0 Å². The molecule has 0 aliphatic carbocycles. The van der Waals surface area contributed by atoms with Crippen molar-refractivity contribution in [1.82, 2.24) is 9.62 Å². The monoisotopic (exact) mass is 463 g/mol. The van der Waals surface area contributed by atoms with Crippen LogP contribution in [0.4, 0.5) is 18.0 Å². The molecule has 31 heavy (non-hydrogen) atoms. The van der Waals surface area contributed by atoms with E-state index in [2.05, 4.69) is 5.32 Å². The summed E-state index contributed by atoms with van der Waals surface area (Å²) >= 11 is 0. The molecule has 1 aromatic rings. The van der Waals surface area contributed by atoms with Gasteiger partial charge in [0.05, 0.1) is 12.4 Å². The number of amides is 1. The summed E-state index contributed by atoms with van der Waals surface area (Å²) in [5.41, 5.74) is 6.29. The van der Waals surface area contributed by atoms with Crippen molar-refractivity contribution in [3.63, 3.8) is 0 Å². The number of nitrogens with one attached hydrogen (secondary N) is 1. The number of rotatable bonds is 8. The zero-order chi connectivity index (χ0) is 22.8. The van der Waals surface area contributed by atoms with E-state index in [0.717, 1.165) is 6.07 Å². The molecule has 1 aromatic carbocycles. The van der Waals surface area contributed by atoms with Gasteiger partial charge in [0.1, 0.15) is 5.82 Å². The highest BCUT2D eigenvalue weighted by atomic mass is 32.2. The van der Waals surface area contributed by atoms with Crippen LogP contribution in [0, 0.1) is 23.4 Å². The van der Waals surface area contributed by atoms with Crippen LogP contribution in [0.5, 0.6) is 0 Å². The Hall–Kier alpha value is -1.85. The van der Waals surface area contributed by atoms with Gasteiger partial charge in [-0.1, -0.05) is 0 Å². The van der Waals surface area contributed by atoms with Crippen molar-refractivity contribution in [3.05, 3.63) is 35.1 Å². The third-order valence-electron chi connectivity index (χ3n) is 6.08. The molecule has 11 heteroatoms. The van der Waals surface area contributed by atoms with E-state index < -0.39 is 39.6 Å². The van der Waals surface area contributed by atoms with Gasteiger partial charge in [-0.3, -0.25) is 0 Å². The summed E-state index contributed by atoms with van der Waals surface area (Å²) in [5, 5.41) is 2.42. The third-order valence-corrected chi connectivity index (χ3v) is 8.04. The molecule has 174 valence electrons. The molecule has 2 aliphatic heterocycles. The topological polar surface area (TPSA) is 102 Å². The van der Waals surface area contributed by atoms with Crippen LogP contribution in [0.1, 0.15) is 38.2 Å². The predicted octanol–water partition coefficient (Wildman–Crippen LogP) is 2.29. The Labute approximate surface area is 180 Å². The standard InChI is InChI=1S/C20H28F3N3O4S/c1-2-30-20(27)25-5-6-31(28,29)26-14-3-4-15(26)8-13(7-14)19(24)10-12-9-17(22)18(23)11-16(12)21/h9,11,13-15,19H,2-8,10,24H2,1H3,(H,25,27)/t13?,14-,15+,19-/m1/s1.